The van der Waals surface area contributed by atoms with Crippen LogP contribution in [-0.2, 0) is 9.53 Å². The number of anilines is 1. The lowest BCUT2D eigenvalue weighted by atomic mass is 9.94. The van der Waals surface area contributed by atoms with E-state index in [4.69, 9.17) is 0 Å². The third-order valence-electron chi connectivity index (χ3n) is 5.30. The van der Waals surface area contributed by atoms with Gasteiger partial charge in [-0.3, -0.25) is 14.9 Å². The van der Waals surface area contributed by atoms with Gasteiger partial charge in [0.25, 0.3) is 11.6 Å². The fraction of sp³-hybridized carbons (Fsp3) is 0.556. The number of methoxy groups -OCH3 is 1. The molecule has 1 N–H and O–H groups in total. The Morgan fingerprint density at radius 2 is 2.08 bits per heavy atom. The Morgan fingerprint density at radius 1 is 1.35 bits per heavy atom. The molecule has 1 aromatic carbocycles. The average molecular weight is 361 g/mol. The fourth-order valence-corrected chi connectivity index (χ4v) is 3.59. The Kier molecular flexibility index (Phi) is 4.84. The Morgan fingerprint density at radius 3 is 2.69 bits per heavy atom. The maximum atomic E-state index is 12.3. The first-order chi connectivity index (χ1) is 12.3. The number of amides is 1. The van der Waals surface area contributed by atoms with Gasteiger partial charge in [-0.25, -0.2) is 4.79 Å². The zero-order valence-electron chi connectivity index (χ0n) is 15.0. The summed E-state index contributed by atoms with van der Waals surface area (Å²) in [5.74, 6) is -1.12. The van der Waals surface area contributed by atoms with Crippen LogP contribution in [0.25, 0.3) is 0 Å². The molecule has 1 aliphatic heterocycles. The average Bonchev–Trinajstić information content (AvgIpc) is 3.38. The van der Waals surface area contributed by atoms with Gasteiger partial charge < -0.3 is 15.0 Å². The highest BCUT2D eigenvalue weighted by atomic mass is 16.6. The van der Waals surface area contributed by atoms with E-state index < -0.39 is 22.8 Å². The van der Waals surface area contributed by atoms with Crippen LogP contribution in [0.1, 0.15) is 43.0 Å². The van der Waals surface area contributed by atoms with E-state index in [9.17, 15) is 19.7 Å². The number of ether oxygens (including phenoxy) is 1. The standard InChI is InChI=1S/C18H23N3O5/c1-12(17(23)26-2)19-16(22)13-4-5-14(15(10-13)21(24)25)20-9-3-6-18(11-20)7-8-18/h4-5,10,12H,3,6-9,11H2,1-2H3,(H,19,22). The SMILES string of the molecule is COC(=O)C(C)NC(=O)c1ccc(N2CCCC3(CC3)C2)c([N+](=O)[O-])c1. The Labute approximate surface area is 151 Å². The van der Waals surface area contributed by atoms with Gasteiger partial charge in [-0.1, -0.05) is 0 Å². The van der Waals surface area contributed by atoms with Gasteiger partial charge in [-0.05, 0) is 50.2 Å². The number of carbonyl (C=O) groups excluding carboxylic acids is 2. The van der Waals surface area contributed by atoms with Crippen molar-refractivity contribution in [2.75, 3.05) is 25.1 Å². The van der Waals surface area contributed by atoms with Crippen LogP contribution < -0.4 is 10.2 Å². The molecule has 1 saturated heterocycles. The monoisotopic (exact) mass is 361 g/mol. The van der Waals surface area contributed by atoms with Crippen molar-refractivity contribution < 1.29 is 19.2 Å². The van der Waals surface area contributed by atoms with E-state index >= 15 is 0 Å². The van der Waals surface area contributed by atoms with Gasteiger partial charge in [-0.15, -0.1) is 0 Å². The maximum absolute atomic E-state index is 12.3. The third kappa shape index (κ3) is 3.63. The molecule has 2 aliphatic rings. The van der Waals surface area contributed by atoms with Gasteiger partial charge in [-0.2, -0.15) is 0 Å². The molecule has 8 heteroatoms. The van der Waals surface area contributed by atoms with Crippen molar-refractivity contribution in [3.05, 3.63) is 33.9 Å². The molecule has 1 spiro atoms. The maximum Gasteiger partial charge on any atom is 0.328 e. The van der Waals surface area contributed by atoms with Crippen molar-refractivity contribution in [1.82, 2.24) is 5.32 Å². The van der Waals surface area contributed by atoms with Crippen LogP contribution in [-0.4, -0.2) is 43.0 Å². The highest BCUT2D eigenvalue weighted by Gasteiger charge is 2.46. The molecule has 3 rings (SSSR count). The van der Waals surface area contributed by atoms with E-state index in [1.807, 2.05) is 0 Å². The number of esters is 1. The zero-order chi connectivity index (χ0) is 18.9. The van der Waals surface area contributed by atoms with E-state index in [0.29, 0.717) is 11.1 Å². The van der Waals surface area contributed by atoms with Crippen LogP contribution >= 0.6 is 0 Å². The molecule has 1 amide bonds. The van der Waals surface area contributed by atoms with Crippen LogP contribution in [0.5, 0.6) is 0 Å². The van der Waals surface area contributed by atoms with E-state index in [2.05, 4.69) is 15.0 Å². The molecule has 1 atom stereocenters. The molecule has 0 radical (unpaired) electrons. The molecule has 1 unspecified atom stereocenters. The summed E-state index contributed by atoms with van der Waals surface area (Å²) in [4.78, 5) is 36.9. The smallest absolute Gasteiger partial charge is 0.328 e. The minimum absolute atomic E-state index is 0.0823. The Bertz CT molecular complexity index is 744. The molecule has 1 heterocycles. The van der Waals surface area contributed by atoms with E-state index in [-0.39, 0.29) is 11.3 Å². The molecule has 140 valence electrons. The number of hydrogen-bond acceptors (Lipinski definition) is 6. The van der Waals surface area contributed by atoms with Crippen LogP contribution in [0.3, 0.4) is 0 Å². The third-order valence-corrected chi connectivity index (χ3v) is 5.30. The largest absolute Gasteiger partial charge is 0.467 e. The second-order valence-corrected chi connectivity index (χ2v) is 7.20. The first kappa shape index (κ1) is 18.2. The van der Waals surface area contributed by atoms with E-state index in [1.54, 1.807) is 12.1 Å². The van der Waals surface area contributed by atoms with Crippen molar-refractivity contribution in [2.45, 2.75) is 38.6 Å². The van der Waals surface area contributed by atoms with Crippen molar-refractivity contribution in [1.29, 1.82) is 0 Å². The van der Waals surface area contributed by atoms with Gasteiger partial charge >= 0.3 is 5.97 Å². The summed E-state index contributed by atoms with van der Waals surface area (Å²) in [6, 6.07) is 3.65. The second kappa shape index (κ2) is 6.93. The van der Waals surface area contributed by atoms with Crippen LogP contribution in [0.15, 0.2) is 18.2 Å². The molecule has 2 fully saturated rings. The van der Waals surface area contributed by atoms with Crippen LogP contribution in [0, 0.1) is 15.5 Å². The Hall–Kier alpha value is -2.64. The van der Waals surface area contributed by atoms with Gasteiger partial charge in [0.1, 0.15) is 11.7 Å². The summed E-state index contributed by atoms with van der Waals surface area (Å²) in [7, 11) is 1.23. The van der Waals surface area contributed by atoms with Crippen molar-refractivity contribution in [3.8, 4) is 0 Å². The summed E-state index contributed by atoms with van der Waals surface area (Å²) in [6.45, 7) is 3.11. The minimum atomic E-state index is -0.831. The number of nitrogens with one attached hydrogen (secondary N) is 1. The first-order valence-electron chi connectivity index (χ1n) is 8.77. The normalized spacial score (nSPS) is 18.9. The summed E-state index contributed by atoms with van der Waals surface area (Å²) in [5, 5.41) is 14.1. The van der Waals surface area contributed by atoms with Crippen molar-refractivity contribution in [3.63, 3.8) is 0 Å². The number of nitrogens with zero attached hydrogens (tertiary/aromatic N) is 2. The second-order valence-electron chi connectivity index (χ2n) is 7.20. The van der Waals surface area contributed by atoms with Crippen LogP contribution in [0.4, 0.5) is 11.4 Å². The summed E-state index contributed by atoms with van der Waals surface area (Å²) < 4.78 is 4.57. The number of nitro groups is 1. The molecule has 0 bridgehead atoms. The van der Waals surface area contributed by atoms with Crippen molar-refractivity contribution >= 4 is 23.3 Å². The van der Waals surface area contributed by atoms with E-state index in [0.717, 1.165) is 19.5 Å². The predicted octanol–water partition coefficient (Wildman–Crippen LogP) is 2.27. The molecular formula is C18H23N3O5. The molecule has 1 aromatic rings. The fourth-order valence-electron chi connectivity index (χ4n) is 3.59. The number of rotatable bonds is 5. The highest BCUT2D eigenvalue weighted by molar-refractivity contribution is 5.98. The Balaban J connectivity index is 1.81. The van der Waals surface area contributed by atoms with Gasteiger partial charge in [0.15, 0.2) is 0 Å². The molecule has 1 saturated carbocycles. The predicted molar refractivity (Wildman–Crippen MR) is 95.2 cm³/mol. The molecule has 1 aliphatic carbocycles. The van der Waals surface area contributed by atoms with Crippen LogP contribution in [0.2, 0.25) is 0 Å². The highest BCUT2D eigenvalue weighted by Crippen LogP contribution is 2.53. The topological polar surface area (TPSA) is 102 Å². The number of hydrogen-bond donors (Lipinski definition) is 1. The summed E-state index contributed by atoms with van der Waals surface area (Å²) >= 11 is 0. The zero-order valence-corrected chi connectivity index (χ0v) is 15.0. The minimum Gasteiger partial charge on any atom is -0.467 e. The molecule has 26 heavy (non-hydrogen) atoms. The van der Waals surface area contributed by atoms with Gasteiger partial charge in [0.2, 0.25) is 0 Å². The molecule has 8 nitrogen and oxygen atoms in total. The quantitative estimate of drug-likeness (QED) is 0.490. The number of benzene rings is 1. The van der Waals surface area contributed by atoms with Gasteiger partial charge in [0.05, 0.1) is 12.0 Å². The summed E-state index contributed by atoms with van der Waals surface area (Å²) in [6.07, 6.45) is 4.58. The number of carbonyl (C=O) groups is 2. The lowest BCUT2D eigenvalue weighted by molar-refractivity contribution is -0.384. The van der Waals surface area contributed by atoms with Crippen molar-refractivity contribution in [2.24, 2.45) is 5.41 Å². The lowest BCUT2D eigenvalue weighted by Crippen LogP contribution is -2.39. The van der Waals surface area contributed by atoms with Gasteiger partial charge in [0, 0.05) is 24.7 Å². The molecular weight excluding hydrogens is 338 g/mol. The first-order valence-corrected chi connectivity index (χ1v) is 8.77. The lowest BCUT2D eigenvalue weighted by Gasteiger charge is -2.34. The number of piperidine rings is 1. The molecule has 0 aromatic heterocycles. The summed E-state index contributed by atoms with van der Waals surface area (Å²) in [5.41, 5.74) is 0.951. The van der Waals surface area contributed by atoms with E-state index in [1.165, 1.54) is 39.4 Å². The number of nitro benzene ring substituents is 1.